The van der Waals surface area contributed by atoms with Gasteiger partial charge in [-0.15, -0.1) is 11.8 Å². The summed E-state index contributed by atoms with van der Waals surface area (Å²) < 4.78 is -0.0993. The summed E-state index contributed by atoms with van der Waals surface area (Å²) in [6.07, 6.45) is 2.34. The van der Waals surface area contributed by atoms with Crippen LogP contribution in [0.5, 0.6) is 0 Å². The minimum absolute atomic E-state index is 0.0993. The molecule has 2 rings (SSSR count). The molecule has 0 saturated carbocycles. The molecule has 2 aromatic rings. The molecule has 0 heterocycles. The fraction of sp³-hybridized carbons (Fsp3) is 0.294. The molecule has 100 valence electrons. The predicted molar refractivity (Wildman–Crippen MR) is 90.0 cm³/mol. The van der Waals surface area contributed by atoms with E-state index in [-0.39, 0.29) is 4.08 Å². The third-order valence-electron chi connectivity index (χ3n) is 3.15. The van der Waals surface area contributed by atoms with Crippen LogP contribution in [0.15, 0.2) is 60.7 Å². The molecular formula is C17H20S2. The number of rotatable bonds is 6. The van der Waals surface area contributed by atoms with Crippen molar-refractivity contribution in [2.45, 2.75) is 23.8 Å². The standard InChI is InChI=1S/C17H20S2/c1-17(18,16-12-6-3-7-13-16)19-14-8-11-15-9-4-2-5-10-15/h2-7,9-10,12-13,18H,8,11,14H2,1H3. The number of thioether (sulfide) groups is 1. The molecule has 0 aliphatic heterocycles. The molecule has 0 bridgehead atoms. The Kier molecular flexibility index (Phi) is 5.41. The molecule has 2 heteroatoms. The third-order valence-corrected chi connectivity index (χ3v) is 5.08. The highest BCUT2D eigenvalue weighted by molar-refractivity contribution is 8.10. The van der Waals surface area contributed by atoms with E-state index in [0.29, 0.717) is 0 Å². The molecule has 2 aromatic carbocycles. The maximum absolute atomic E-state index is 4.80. The first-order chi connectivity index (χ1) is 9.18. The SMILES string of the molecule is CC(S)(SCCCc1ccccc1)c1ccccc1. The van der Waals surface area contributed by atoms with Crippen LogP contribution >= 0.6 is 24.4 Å². The van der Waals surface area contributed by atoms with Gasteiger partial charge in [0.15, 0.2) is 0 Å². The molecule has 0 saturated heterocycles. The van der Waals surface area contributed by atoms with Gasteiger partial charge < -0.3 is 0 Å². The van der Waals surface area contributed by atoms with Crippen LogP contribution in [0.25, 0.3) is 0 Å². The first kappa shape index (κ1) is 14.5. The lowest BCUT2D eigenvalue weighted by molar-refractivity contribution is 0.921. The van der Waals surface area contributed by atoms with Crippen LogP contribution in [0.2, 0.25) is 0 Å². The number of hydrogen-bond donors (Lipinski definition) is 1. The Morgan fingerprint density at radius 1 is 0.947 bits per heavy atom. The second kappa shape index (κ2) is 7.06. The molecule has 0 fully saturated rings. The first-order valence-electron chi connectivity index (χ1n) is 6.64. The summed E-state index contributed by atoms with van der Waals surface area (Å²) in [7, 11) is 0. The summed E-state index contributed by atoms with van der Waals surface area (Å²) >= 11 is 6.71. The molecule has 1 unspecified atom stereocenters. The quantitative estimate of drug-likeness (QED) is 0.435. The molecule has 0 spiro atoms. The second-order valence-electron chi connectivity index (χ2n) is 4.79. The average Bonchev–Trinajstić information content (AvgIpc) is 2.46. The van der Waals surface area contributed by atoms with E-state index >= 15 is 0 Å². The van der Waals surface area contributed by atoms with Crippen molar-refractivity contribution in [3.63, 3.8) is 0 Å². The Hall–Kier alpha value is -0.860. The Balaban J connectivity index is 1.79. The number of aryl methyl sites for hydroxylation is 1. The van der Waals surface area contributed by atoms with Gasteiger partial charge >= 0.3 is 0 Å². The summed E-state index contributed by atoms with van der Waals surface area (Å²) in [5, 5.41) is 0. The molecule has 0 N–H and O–H groups in total. The van der Waals surface area contributed by atoms with Gasteiger partial charge in [0.1, 0.15) is 0 Å². The zero-order valence-electron chi connectivity index (χ0n) is 11.3. The summed E-state index contributed by atoms with van der Waals surface area (Å²) in [6, 6.07) is 21.2. The molecule has 19 heavy (non-hydrogen) atoms. The summed E-state index contributed by atoms with van der Waals surface area (Å²) in [6.45, 7) is 2.18. The van der Waals surface area contributed by atoms with E-state index in [0.717, 1.165) is 12.2 Å². The lowest BCUT2D eigenvalue weighted by Crippen LogP contribution is -2.09. The maximum atomic E-state index is 4.80. The monoisotopic (exact) mass is 288 g/mol. The van der Waals surface area contributed by atoms with Gasteiger partial charge in [-0.05, 0) is 36.6 Å². The predicted octanol–water partition coefficient (Wildman–Crippen LogP) is 5.16. The zero-order valence-corrected chi connectivity index (χ0v) is 13.0. The Bertz CT molecular complexity index is 477. The van der Waals surface area contributed by atoms with E-state index in [1.807, 2.05) is 17.8 Å². The Morgan fingerprint density at radius 2 is 1.53 bits per heavy atom. The highest BCUT2D eigenvalue weighted by Gasteiger charge is 2.21. The second-order valence-corrected chi connectivity index (χ2v) is 7.50. The largest absolute Gasteiger partial charge is 0.157 e. The molecule has 0 amide bonds. The highest BCUT2D eigenvalue weighted by Crippen LogP contribution is 2.39. The molecular weight excluding hydrogens is 268 g/mol. The van der Waals surface area contributed by atoms with E-state index in [4.69, 9.17) is 12.6 Å². The van der Waals surface area contributed by atoms with Gasteiger partial charge in [0, 0.05) is 0 Å². The van der Waals surface area contributed by atoms with Crippen LogP contribution in [0.4, 0.5) is 0 Å². The number of hydrogen-bond acceptors (Lipinski definition) is 2. The molecule has 0 nitrogen and oxygen atoms in total. The van der Waals surface area contributed by atoms with Crippen LogP contribution in [0.3, 0.4) is 0 Å². The average molecular weight is 288 g/mol. The van der Waals surface area contributed by atoms with Crippen molar-refractivity contribution < 1.29 is 0 Å². The lowest BCUT2D eigenvalue weighted by atomic mass is 10.1. The van der Waals surface area contributed by atoms with Crippen LogP contribution in [0, 0.1) is 0 Å². The van der Waals surface area contributed by atoms with E-state index in [9.17, 15) is 0 Å². The summed E-state index contributed by atoms with van der Waals surface area (Å²) in [5.74, 6) is 1.13. The van der Waals surface area contributed by atoms with E-state index in [1.165, 1.54) is 17.5 Å². The van der Waals surface area contributed by atoms with Crippen LogP contribution < -0.4 is 0 Å². The van der Waals surface area contributed by atoms with Gasteiger partial charge in [-0.25, -0.2) is 0 Å². The molecule has 0 aromatic heterocycles. The van der Waals surface area contributed by atoms with Gasteiger partial charge in [0.2, 0.25) is 0 Å². The summed E-state index contributed by atoms with van der Waals surface area (Å²) in [5.41, 5.74) is 2.70. The highest BCUT2D eigenvalue weighted by atomic mass is 32.2. The fourth-order valence-electron chi connectivity index (χ4n) is 2.02. The normalized spacial score (nSPS) is 14.0. The van der Waals surface area contributed by atoms with E-state index in [1.54, 1.807) is 0 Å². The van der Waals surface area contributed by atoms with Gasteiger partial charge in [-0.2, -0.15) is 12.6 Å². The van der Waals surface area contributed by atoms with Crippen molar-refractivity contribution in [3.05, 3.63) is 71.8 Å². The first-order valence-corrected chi connectivity index (χ1v) is 8.07. The van der Waals surface area contributed by atoms with Crippen molar-refractivity contribution in [1.82, 2.24) is 0 Å². The van der Waals surface area contributed by atoms with Crippen LogP contribution in [-0.4, -0.2) is 5.75 Å². The van der Waals surface area contributed by atoms with Gasteiger partial charge in [-0.1, -0.05) is 60.7 Å². The Morgan fingerprint density at radius 3 is 2.16 bits per heavy atom. The molecule has 1 atom stereocenters. The lowest BCUT2D eigenvalue weighted by Gasteiger charge is -2.23. The van der Waals surface area contributed by atoms with Crippen LogP contribution in [0.1, 0.15) is 24.5 Å². The third kappa shape index (κ3) is 4.63. The van der Waals surface area contributed by atoms with Crippen molar-refractivity contribution in [3.8, 4) is 0 Å². The molecule has 0 aliphatic carbocycles. The van der Waals surface area contributed by atoms with Crippen LogP contribution in [-0.2, 0) is 10.5 Å². The number of benzene rings is 2. The van der Waals surface area contributed by atoms with Gasteiger partial charge in [0.05, 0.1) is 4.08 Å². The minimum Gasteiger partial charge on any atom is -0.157 e. The topological polar surface area (TPSA) is 0 Å². The van der Waals surface area contributed by atoms with Crippen molar-refractivity contribution >= 4 is 24.4 Å². The van der Waals surface area contributed by atoms with Crippen molar-refractivity contribution in [2.24, 2.45) is 0 Å². The fourth-order valence-corrected chi connectivity index (χ4v) is 3.43. The minimum atomic E-state index is -0.0993. The molecule has 0 radical (unpaired) electrons. The zero-order chi connectivity index (χ0) is 13.6. The Labute approximate surface area is 126 Å². The van der Waals surface area contributed by atoms with Crippen molar-refractivity contribution in [2.75, 3.05) is 5.75 Å². The molecule has 0 aliphatic rings. The van der Waals surface area contributed by atoms with E-state index in [2.05, 4.69) is 61.5 Å². The van der Waals surface area contributed by atoms with Gasteiger partial charge in [-0.3, -0.25) is 0 Å². The van der Waals surface area contributed by atoms with E-state index < -0.39 is 0 Å². The van der Waals surface area contributed by atoms with Gasteiger partial charge in [0.25, 0.3) is 0 Å². The number of thiol groups is 1. The maximum Gasteiger partial charge on any atom is 0.0803 e. The van der Waals surface area contributed by atoms with Crippen molar-refractivity contribution in [1.29, 1.82) is 0 Å². The summed E-state index contributed by atoms with van der Waals surface area (Å²) in [4.78, 5) is 0. The smallest absolute Gasteiger partial charge is 0.0803 e.